The first-order valence-electron chi connectivity index (χ1n) is 10.6. The molecule has 152 valence electrons. The molecule has 2 heterocycles. The van der Waals surface area contributed by atoms with Crippen LogP contribution >= 0.6 is 0 Å². The molecule has 1 aliphatic rings. The molecule has 0 saturated heterocycles. The van der Waals surface area contributed by atoms with Crippen LogP contribution in [0.25, 0.3) is 22.3 Å². The molecule has 0 aliphatic heterocycles. The van der Waals surface area contributed by atoms with Crippen LogP contribution in [-0.2, 0) is 4.79 Å². The third kappa shape index (κ3) is 5.00. The fourth-order valence-corrected chi connectivity index (χ4v) is 4.36. The van der Waals surface area contributed by atoms with Crippen molar-refractivity contribution >= 4 is 16.7 Å². The van der Waals surface area contributed by atoms with Crippen LogP contribution in [0.1, 0.15) is 69.6 Å². The van der Waals surface area contributed by atoms with E-state index in [1.807, 2.05) is 30.3 Å². The van der Waals surface area contributed by atoms with Crippen LogP contribution in [0.5, 0.6) is 0 Å². The number of pyridine rings is 1. The normalized spacial score (nSPS) is 16.1. The Morgan fingerprint density at radius 1 is 1.17 bits per heavy atom. The third-order valence-electron chi connectivity index (χ3n) is 5.96. The van der Waals surface area contributed by atoms with Gasteiger partial charge in [-0.25, -0.2) is 0 Å². The van der Waals surface area contributed by atoms with E-state index < -0.39 is 5.97 Å². The smallest absolute Gasteiger partial charge is 0.304 e. The Balaban J connectivity index is 1.46. The van der Waals surface area contributed by atoms with Crippen molar-refractivity contribution in [1.29, 1.82) is 0 Å². The summed E-state index contributed by atoms with van der Waals surface area (Å²) < 4.78 is 5.47. The van der Waals surface area contributed by atoms with Gasteiger partial charge in [-0.1, -0.05) is 74.4 Å². The molecular weight excluding hydrogens is 366 g/mol. The highest BCUT2D eigenvalue weighted by Gasteiger charge is 2.23. The topological polar surface area (TPSA) is 89.1 Å². The lowest BCUT2D eigenvalue weighted by molar-refractivity contribution is -0.137. The zero-order valence-electron chi connectivity index (χ0n) is 16.6. The van der Waals surface area contributed by atoms with Crippen LogP contribution in [0.3, 0.4) is 0 Å². The predicted octanol–water partition coefficient (Wildman–Crippen LogP) is 5.59. The average Bonchev–Trinajstić information content (AvgIpc) is 3.23. The summed E-state index contributed by atoms with van der Waals surface area (Å²) in [6.45, 7) is 0. The number of hydrogen-bond acceptors (Lipinski definition) is 5. The first-order chi connectivity index (χ1) is 14.2. The average molecular weight is 393 g/mol. The number of aliphatic carboxylic acids is 1. The van der Waals surface area contributed by atoms with Crippen molar-refractivity contribution in [3.05, 3.63) is 42.4 Å². The molecule has 0 unspecified atom stereocenters. The molecule has 0 bridgehead atoms. The second kappa shape index (κ2) is 9.16. The molecule has 1 aromatic carbocycles. The molecule has 0 spiro atoms. The molecule has 6 heteroatoms. The van der Waals surface area contributed by atoms with Crippen LogP contribution < -0.4 is 0 Å². The number of rotatable bonds is 8. The van der Waals surface area contributed by atoms with Gasteiger partial charge in [0, 0.05) is 17.5 Å². The summed E-state index contributed by atoms with van der Waals surface area (Å²) in [6, 6.07) is 9.89. The van der Waals surface area contributed by atoms with E-state index in [0.29, 0.717) is 17.4 Å². The van der Waals surface area contributed by atoms with Crippen molar-refractivity contribution in [3.8, 4) is 11.5 Å². The lowest BCUT2D eigenvalue weighted by atomic mass is 9.84. The van der Waals surface area contributed by atoms with Crippen molar-refractivity contribution < 1.29 is 14.4 Å². The predicted molar refractivity (Wildman–Crippen MR) is 110 cm³/mol. The van der Waals surface area contributed by atoms with Gasteiger partial charge in [-0.05, 0) is 23.8 Å². The van der Waals surface area contributed by atoms with Crippen molar-refractivity contribution in [3.63, 3.8) is 0 Å². The highest BCUT2D eigenvalue weighted by atomic mass is 16.5. The Labute approximate surface area is 170 Å². The second-order valence-corrected chi connectivity index (χ2v) is 8.10. The highest BCUT2D eigenvalue weighted by Crippen LogP contribution is 2.31. The molecule has 0 amide bonds. The standard InChI is InChI=1S/C23H27N3O3/c27-21(28)14-18(12-6-9-16-7-2-1-3-8-16)23-25-22(26-29-23)20-13-17-10-4-5-11-19(17)15-24-20/h4-5,10-11,13,15-16,18H,1-3,6-9,12,14H2,(H,27,28)/t18-/m1/s1. The Kier molecular flexibility index (Phi) is 6.17. The molecule has 1 aliphatic carbocycles. The number of carboxylic acids is 1. The van der Waals surface area contributed by atoms with Crippen LogP contribution in [0.15, 0.2) is 41.1 Å². The maximum Gasteiger partial charge on any atom is 0.304 e. The largest absolute Gasteiger partial charge is 0.481 e. The van der Waals surface area contributed by atoms with Gasteiger partial charge in [0.15, 0.2) is 0 Å². The van der Waals surface area contributed by atoms with E-state index in [-0.39, 0.29) is 12.3 Å². The van der Waals surface area contributed by atoms with Gasteiger partial charge in [0.25, 0.3) is 0 Å². The van der Waals surface area contributed by atoms with Gasteiger partial charge in [-0.2, -0.15) is 4.98 Å². The molecule has 1 fully saturated rings. The molecule has 3 aromatic rings. The number of carboxylic acid groups (broad SMARTS) is 1. The van der Waals surface area contributed by atoms with Crippen molar-refractivity contribution in [2.45, 2.75) is 63.7 Å². The first-order valence-corrected chi connectivity index (χ1v) is 10.6. The van der Waals surface area contributed by atoms with Crippen molar-refractivity contribution in [1.82, 2.24) is 15.1 Å². The molecular formula is C23H27N3O3. The van der Waals surface area contributed by atoms with E-state index >= 15 is 0 Å². The number of hydrogen-bond donors (Lipinski definition) is 1. The van der Waals surface area contributed by atoms with Gasteiger partial charge in [0.1, 0.15) is 5.69 Å². The molecule has 29 heavy (non-hydrogen) atoms. The fourth-order valence-electron chi connectivity index (χ4n) is 4.36. The van der Waals surface area contributed by atoms with Gasteiger partial charge in [-0.15, -0.1) is 0 Å². The van der Waals surface area contributed by atoms with Gasteiger partial charge < -0.3 is 9.63 Å². The van der Waals surface area contributed by atoms with E-state index in [0.717, 1.165) is 36.0 Å². The van der Waals surface area contributed by atoms with Crippen LogP contribution in [0, 0.1) is 5.92 Å². The Morgan fingerprint density at radius 3 is 2.76 bits per heavy atom. The van der Waals surface area contributed by atoms with Crippen LogP contribution in [0.2, 0.25) is 0 Å². The Hall–Kier alpha value is -2.76. The fraction of sp³-hybridized carbons (Fsp3) is 0.478. The summed E-state index contributed by atoms with van der Waals surface area (Å²) in [6.07, 6.45) is 11.3. The van der Waals surface area contributed by atoms with Crippen molar-refractivity contribution in [2.24, 2.45) is 5.92 Å². The molecule has 1 N–H and O–H groups in total. The SMILES string of the molecule is O=C(O)C[C@@H](CCCC1CCCCC1)c1nc(-c2cc3ccccc3cn2)no1. The maximum atomic E-state index is 11.4. The van der Waals surface area contributed by atoms with Crippen LogP contribution in [0.4, 0.5) is 0 Å². The molecule has 1 saturated carbocycles. The molecule has 0 radical (unpaired) electrons. The van der Waals surface area contributed by atoms with Gasteiger partial charge in [0.05, 0.1) is 6.42 Å². The zero-order valence-corrected chi connectivity index (χ0v) is 16.6. The summed E-state index contributed by atoms with van der Waals surface area (Å²) in [5, 5.41) is 15.5. The number of fused-ring (bicyclic) bond motifs is 1. The van der Waals surface area contributed by atoms with E-state index in [9.17, 15) is 9.90 Å². The summed E-state index contributed by atoms with van der Waals surface area (Å²) in [5.74, 6) is 0.512. The minimum absolute atomic E-state index is 0.0114. The molecule has 6 nitrogen and oxygen atoms in total. The van der Waals surface area contributed by atoms with E-state index in [4.69, 9.17) is 4.52 Å². The van der Waals surface area contributed by atoms with Crippen molar-refractivity contribution in [2.75, 3.05) is 0 Å². The summed E-state index contributed by atoms with van der Waals surface area (Å²) >= 11 is 0. The summed E-state index contributed by atoms with van der Waals surface area (Å²) in [7, 11) is 0. The van der Waals surface area contributed by atoms with Gasteiger partial charge in [-0.3, -0.25) is 9.78 Å². The minimum Gasteiger partial charge on any atom is -0.481 e. The number of benzene rings is 1. The number of nitrogens with zero attached hydrogens (tertiary/aromatic N) is 3. The maximum absolute atomic E-state index is 11.4. The zero-order chi connectivity index (χ0) is 20.1. The van der Waals surface area contributed by atoms with Crippen LogP contribution in [-0.4, -0.2) is 26.2 Å². The van der Waals surface area contributed by atoms with E-state index in [2.05, 4.69) is 15.1 Å². The third-order valence-corrected chi connectivity index (χ3v) is 5.96. The van der Waals surface area contributed by atoms with E-state index in [1.54, 1.807) is 6.20 Å². The molecule has 4 rings (SSSR count). The Morgan fingerprint density at radius 2 is 1.97 bits per heavy atom. The lowest BCUT2D eigenvalue weighted by Crippen LogP contribution is -2.10. The number of aromatic nitrogens is 3. The molecule has 1 atom stereocenters. The van der Waals surface area contributed by atoms with E-state index in [1.165, 1.54) is 32.1 Å². The highest BCUT2D eigenvalue weighted by molar-refractivity contribution is 5.84. The minimum atomic E-state index is -0.837. The quantitative estimate of drug-likeness (QED) is 0.536. The Bertz CT molecular complexity index is 963. The van der Waals surface area contributed by atoms with Gasteiger partial charge >= 0.3 is 5.97 Å². The summed E-state index contributed by atoms with van der Waals surface area (Å²) in [5.41, 5.74) is 0.634. The monoisotopic (exact) mass is 393 g/mol. The summed E-state index contributed by atoms with van der Waals surface area (Å²) in [4.78, 5) is 20.3. The first kappa shape index (κ1) is 19.6. The number of carbonyl (C=O) groups is 1. The van der Waals surface area contributed by atoms with Gasteiger partial charge in [0.2, 0.25) is 11.7 Å². The lowest BCUT2D eigenvalue weighted by Gasteiger charge is -2.21. The second-order valence-electron chi connectivity index (χ2n) is 8.10. The molecule has 2 aromatic heterocycles.